The van der Waals surface area contributed by atoms with Gasteiger partial charge in [0.15, 0.2) is 0 Å². The van der Waals surface area contributed by atoms with Crippen molar-refractivity contribution in [3.05, 3.63) is 41.9 Å². The number of nitriles is 1. The molecule has 9 nitrogen and oxygen atoms in total. The van der Waals surface area contributed by atoms with E-state index >= 15 is 0 Å². The Balaban J connectivity index is 1.24. The van der Waals surface area contributed by atoms with Crippen LogP contribution in [0.15, 0.2) is 30.7 Å². The highest BCUT2D eigenvalue weighted by molar-refractivity contribution is 5.68. The van der Waals surface area contributed by atoms with E-state index in [-0.39, 0.29) is 17.6 Å². The topological polar surface area (TPSA) is 125 Å². The van der Waals surface area contributed by atoms with Gasteiger partial charge in [-0.2, -0.15) is 10.2 Å². The first-order valence-corrected chi connectivity index (χ1v) is 12.9. The first-order chi connectivity index (χ1) is 17.2. The van der Waals surface area contributed by atoms with Crippen molar-refractivity contribution >= 4 is 17.9 Å². The number of hydrogen-bond acceptors (Lipinski definition) is 8. The number of nitrogens with zero attached hydrogens (tertiary/aromatic N) is 4. The van der Waals surface area contributed by atoms with Crippen molar-refractivity contribution in [2.75, 3.05) is 17.2 Å². The van der Waals surface area contributed by atoms with Crippen LogP contribution in [0.5, 0.6) is 0 Å². The molecule has 6 rings (SSSR count). The van der Waals surface area contributed by atoms with Crippen LogP contribution in [0, 0.1) is 34.5 Å². The molecule has 2 aromatic heterocycles. The number of pyridine rings is 1. The molecular weight excluding hydrogens is 454 g/mol. The minimum atomic E-state index is -0.497. The van der Waals surface area contributed by atoms with Crippen molar-refractivity contribution in [2.45, 2.75) is 71.1 Å². The van der Waals surface area contributed by atoms with E-state index in [1.165, 1.54) is 19.3 Å². The van der Waals surface area contributed by atoms with Crippen molar-refractivity contribution < 1.29 is 9.53 Å². The lowest BCUT2D eigenvalue weighted by Crippen LogP contribution is -2.60. The van der Waals surface area contributed by atoms with E-state index in [0.717, 1.165) is 24.9 Å². The van der Waals surface area contributed by atoms with Crippen LogP contribution in [0.3, 0.4) is 0 Å². The molecule has 0 saturated heterocycles. The summed E-state index contributed by atoms with van der Waals surface area (Å²) in [5.74, 6) is 2.68. The van der Waals surface area contributed by atoms with Crippen LogP contribution >= 0.6 is 0 Å². The Bertz CT molecular complexity index is 1130. The molecule has 0 aromatic carbocycles. The summed E-state index contributed by atoms with van der Waals surface area (Å²) >= 11 is 0. The molecular formula is C27H35N7O2. The van der Waals surface area contributed by atoms with Crippen molar-refractivity contribution in [1.29, 1.82) is 5.26 Å². The van der Waals surface area contributed by atoms with Gasteiger partial charge in [-0.3, -0.25) is 4.98 Å². The van der Waals surface area contributed by atoms with Crippen LogP contribution in [0.4, 0.5) is 16.6 Å². The fourth-order valence-electron chi connectivity index (χ4n) is 6.73. The first kappa shape index (κ1) is 24.3. The predicted octanol–water partition coefficient (Wildman–Crippen LogP) is 4.49. The maximum Gasteiger partial charge on any atom is 0.407 e. The summed E-state index contributed by atoms with van der Waals surface area (Å²) in [4.78, 5) is 25.5. The first-order valence-electron chi connectivity index (χ1n) is 12.9. The molecule has 4 fully saturated rings. The van der Waals surface area contributed by atoms with E-state index in [4.69, 9.17) is 4.74 Å². The molecule has 4 aliphatic rings. The average Bonchev–Trinajstić information content (AvgIpc) is 2.83. The summed E-state index contributed by atoms with van der Waals surface area (Å²) in [6.45, 7) is 7.03. The zero-order chi connectivity index (χ0) is 25.3. The molecule has 4 saturated carbocycles. The number of hydrogen-bond donors (Lipinski definition) is 3. The Morgan fingerprint density at radius 1 is 1.17 bits per heavy atom. The molecule has 190 valence electrons. The highest BCUT2D eigenvalue weighted by Gasteiger charge is 2.55. The van der Waals surface area contributed by atoms with Gasteiger partial charge in [0.2, 0.25) is 5.95 Å². The van der Waals surface area contributed by atoms with E-state index < -0.39 is 5.60 Å². The van der Waals surface area contributed by atoms with Crippen molar-refractivity contribution in [3.8, 4) is 6.07 Å². The van der Waals surface area contributed by atoms with Crippen LogP contribution in [-0.2, 0) is 11.3 Å². The Morgan fingerprint density at radius 3 is 2.56 bits per heavy atom. The van der Waals surface area contributed by atoms with Gasteiger partial charge >= 0.3 is 6.09 Å². The molecule has 1 amide bonds. The lowest BCUT2D eigenvalue weighted by atomic mass is 9.48. The largest absolute Gasteiger partial charge is 0.444 e. The normalized spacial score (nSPS) is 28.3. The van der Waals surface area contributed by atoms with E-state index in [2.05, 4.69) is 37.0 Å². The third kappa shape index (κ3) is 5.38. The number of nitrogens with one attached hydrogen (secondary N) is 3. The van der Waals surface area contributed by atoms with E-state index in [1.807, 2.05) is 32.9 Å². The molecule has 2 aromatic rings. The molecule has 1 unspecified atom stereocenters. The number of amides is 1. The fourth-order valence-corrected chi connectivity index (χ4v) is 6.73. The van der Waals surface area contributed by atoms with Crippen LogP contribution in [0.25, 0.3) is 0 Å². The van der Waals surface area contributed by atoms with E-state index in [9.17, 15) is 10.1 Å². The minimum absolute atomic E-state index is 0.158. The van der Waals surface area contributed by atoms with Crippen LogP contribution < -0.4 is 16.0 Å². The van der Waals surface area contributed by atoms with Crippen LogP contribution in [0.1, 0.15) is 64.0 Å². The number of rotatable bonds is 7. The lowest BCUT2D eigenvalue weighted by Gasteiger charge is -2.60. The fraction of sp³-hybridized carbons (Fsp3) is 0.593. The summed E-state index contributed by atoms with van der Waals surface area (Å²) < 4.78 is 5.54. The van der Waals surface area contributed by atoms with Gasteiger partial charge in [-0.05, 0) is 93.7 Å². The molecule has 3 N–H and O–H groups in total. The van der Waals surface area contributed by atoms with Gasteiger partial charge in [0, 0.05) is 31.5 Å². The molecule has 0 radical (unpaired) electrons. The quantitative estimate of drug-likeness (QED) is 0.520. The number of alkyl carbamates (subject to hydrolysis) is 1. The Hall–Kier alpha value is -3.41. The van der Waals surface area contributed by atoms with Gasteiger partial charge in [-0.1, -0.05) is 0 Å². The zero-order valence-electron chi connectivity index (χ0n) is 21.3. The average molecular weight is 490 g/mol. The minimum Gasteiger partial charge on any atom is -0.444 e. The van der Waals surface area contributed by atoms with Gasteiger partial charge in [0.1, 0.15) is 23.1 Å². The Kier molecular flexibility index (Phi) is 6.45. The van der Waals surface area contributed by atoms with Crippen LogP contribution in [-0.4, -0.2) is 39.2 Å². The van der Waals surface area contributed by atoms with Crippen molar-refractivity contribution in [2.24, 2.45) is 23.2 Å². The number of carbonyl (C=O) groups excluding carboxylic acids is 1. The number of carbonyl (C=O) groups is 1. The summed E-state index contributed by atoms with van der Waals surface area (Å²) in [6.07, 6.45) is 10.4. The number of anilines is 2. The summed E-state index contributed by atoms with van der Waals surface area (Å²) in [5, 5.41) is 19.6. The highest BCUT2D eigenvalue weighted by atomic mass is 16.6. The smallest absolute Gasteiger partial charge is 0.407 e. The lowest BCUT2D eigenvalue weighted by molar-refractivity contribution is -0.0703. The molecule has 4 aliphatic carbocycles. The third-order valence-corrected chi connectivity index (χ3v) is 7.82. The zero-order valence-corrected chi connectivity index (χ0v) is 21.3. The van der Waals surface area contributed by atoms with Crippen molar-refractivity contribution in [1.82, 2.24) is 20.3 Å². The molecule has 5 atom stereocenters. The highest BCUT2D eigenvalue weighted by Crippen LogP contribution is 2.60. The third-order valence-electron chi connectivity index (χ3n) is 7.82. The second-order valence-corrected chi connectivity index (χ2v) is 11.8. The monoisotopic (exact) mass is 489 g/mol. The van der Waals surface area contributed by atoms with Gasteiger partial charge in [0.25, 0.3) is 0 Å². The summed E-state index contributed by atoms with van der Waals surface area (Å²) in [6, 6.07) is 6.28. The second-order valence-electron chi connectivity index (χ2n) is 11.8. The number of aromatic nitrogens is 3. The number of ether oxygens (including phenoxy) is 1. The molecule has 4 bridgehead atoms. The van der Waals surface area contributed by atoms with Gasteiger partial charge in [-0.15, -0.1) is 0 Å². The molecule has 9 heteroatoms. The summed E-state index contributed by atoms with van der Waals surface area (Å²) in [5.41, 5.74) is 1.18. The van der Waals surface area contributed by atoms with Gasteiger partial charge in [-0.25, -0.2) is 9.78 Å². The molecule has 0 spiro atoms. The van der Waals surface area contributed by atoms with Crippen LogP contribution in [0.2, 0.25) is 0 Å². The molecule has 36 heavy (non-hydrogen) atoms. The Labute approximate surface area is 212 Å². The van der Waals surface area contributed by atoms with Gasteiger partial charge in [0.05, 0.1) is 6.20 Å². The Morgan fingerprint density at radius 2 is 1.89 bits per heavy atom. The maximum absolute atomic E-state index is 12.5. The maximum atomic E-state index is 12.5. The summed E-state index contributed by atoms with van der Waals surface area (Å²) in [7, 11) is 0. The molecule has 0 aliphatic heterocycles. The van der Waals surface area contributed by atoms with E-state index in [0.29, 0.717) is 41.6 Å². The van der Waals surface area contributed by atoms with Gasteiger partial charge < -0.3 is 20.7 Å². The van der Waals surface area contributed by atoms with E-state index in [1.54, 1.807) is 18.6 Å². The van der Waals surface area contributed by atoms with Crippen molar-refractivity contribution in [3.63, 3.8) is 0 Å². The predicted molar refractivity (Wildman–Crippen MR) is 136 cm³/mol. The SMILES string of the molecule is CC(C)(C)OC(=O)N[C@@H]1[C@@H]2CC3C[C@H]1C[C@@](CNc1nc(NCc4ccncc4)ncc1C#N)(C3)C2. The standard InChI is InChI=1S/C27H35N7O2/c1-26(2,3)36-25(35)33-22-19-8-18-9-20(22)12-27(10-18,11-19)16-32-23-21(13-28)15-31-24(34-23)30-14-17-4-6-29-7-5-17/h4-7,15,18-20,22H,8-12,14,16H2,1-3H3,(H,33,35)(H2,30,31,32,34)/t18?,19-,20+,22-,27-. The second kappa shape index (κ2) is 9.57. The molecule has 2 heterocycles.